The van der Waals surface area contributed by atoms with Gasteiger partial charge in [0.1, 0.15) is 6.61 Å². The number of rotatable bonds is 10. The number of halogens is 1. The Morgan fingerprint density at radius 3 is 2.47 bits per heavy atom. The van der Waals surface area contributed by atoms with Gasteiger partial charge in [-0.2, -0.15) is 5.10 Å². The molecule has 0 aromatic heterocycles. The topological polar surface area (TPSA) is 107 Å². The van der Waals surface area contributed by atoms with Crippen LogP contribution in [0.4, 0.5) is 0 Å². The summed E-state index contributed by atoms with van der Waals surface area (Å²) in [6.45, 7) is -0.248. The van der Waals surface area contributed by atoms with Gasteiger partial charge >= 0.3 is 0 Å². The van der Waals surface area contributed by atoms with E-state index < -0.39 is 11.8 Å². The van der Waals surface area contributed by atoms with E-state index in [0.717, 1.165) is 0 Å². The van der Waals surface area contributed by atoms with Gasteiger partial charge in [0.05, 0.1) is 39.1 Å². The Kier molecular flexibility index (Phi) is 9.20. The molecule has 0 fully saturated rings. The van der Waals surface area contributed by atoms with Gasteiger partial charge in [0.25, 0.3) is 11.8 Å². The number of methoxy groups -OCH3 is 3. The summed E-state index contributed by atoms with van der Waals surface area (Å²) in [7, 11) is 4.41. The van der Waals surface area contributed by atoms with Crippen molar-refractivity contribution in [2.45, 2.75) is 0 Å². The van der Waals surface area contributed by atoms with E-state index in [1.165, 1.54) is 33.6 Å². The fourth-order valence-electron chi connectivity index (χ4n) is 2.53. The Morgan fingerprint density at radius 2 is 1.81 bits per heavy atom. The first kappa shape index (κ1) is 24.4. The van der Waals surface area contributed by atoms with Gasteiger partial charge in [-0.05, 0) is 35.9 Å². The van der Waals surface area contributed by atoms with E-state index in [4.69, 9.17) is 37.0 Å². The third kappa shape index (κ3) is 6.55. The van der Waals surface area contributed by atoms with Crippen molar-refractivity contribution in [3.05, 3.63) is 46.5 Å². The van der Waals surface area contributed by atoms with Crippen molar-refractivity contribution in [3.8, 4) is 35.3 Å². The van der Waals surface area contributed by atoms with Gasteiger partial charge in [-0.3, -0.25) is 9.59 Å². The number of nitrogens with zero attached hydrogens (tertiary/aromatic N) is 1. The van der Waals surface area contributed by atoms with Crippen LogP contribution in [0.3, 0.4) is 0 Å². The van der Waals surface area contributed by atoms with Crippen molar-refractivity contribution >= 4 is 29.6 Å². The molecular weight excluding hydrogens is 438 g/mol. The number of carbonyl (C=O) groups excluding carboxylic acids is 2. The lowest BCUT2D eigenvalue weighted by Crippen LogP contribution is -2.34. The Hall–Kier alpha value is -3.90. The molecule has 2 amide bonds. The summed E-state index contributed by atoms with van der Waals surface area (Å²) in [6, 6.07) is 7.86. The number of hydrogen-bond acceptors (Lipinski definition) is 7. The van der Waals surface area contributed by atoms with Crippen molar-refractivity contribution in [1.82, 2.24) is 10.7 Å². The quantitative estimate of drug-likeness (QED) is 0.320. The molecule has 0 bridgehead atoms. The van der Waals surface area contributed by atoms with E-state index in [9.17, 15) is 9.59 Å². The lowest BCUT2D eigenvalue weighted by Gasteiger charge is -2.11. The highest BCUT2D eigenvalue weighted by atomic mass is 35.5. The number of terminal acetylenes is 1. The summed E-state index contributed by atoms with van der Waals surface area (Å²) in [4.78, 5) is 24.2. The normalized spacial score (nSPS) is 10.2. The van der Waals surface area contributed by atoms with Crippen molar-refractivity contribution in [3.63, 3.8) is 0 Å². The van der Waals surface area contributed by atoms with E-state index in [1.807, 2.05) is 0 Å². The average molecular weight is 460 g/mol. The number of ether oxygens (including phenoxy) is 4. The minimum atomic E-state index is -0.526. The molecular formula is C22H22ClN3O6. The molecule has 0 aliphatic rings. The Morgan fingerprint density at radius 1 is 1.09 bits per heavy atom. The summed E-state index contributed by atoms with van der Waals surface area (Å²) < 4.78 is 20.9. The van der Waals surface area contributed by atoms with Gasteiger partial charge in [-0.15, -0.1) is 6.42 Å². The van der Waals surface area contributed by atoms with E-state index in [2.05, 4.69) is 21.8 Å². The number of carbonyl (C=O) groups is 2. The molecule has 2 rings (SSSR count). The predicted molar refractivity (Wildman–Crippen MR) is 120 cm³/mol. The largest absolute Gasteiger partial charge is 0.493 e. The molecule has 0 spiro atoms. The minimum absolute atomic E-state index is 0.0363. The Balaban J connectivity index is 1.93. The second-order valence-electron chi connectivity index (χ2n) is 6.07. The molecule has 0 radical (unpaired) electrons. The van der Waals surface area contributed by atoms with Crippen LogP contribution in [0.1, 0.15) is 15.9 Å². The van der Waals surface area contributed by atoms with Gasteiger partial charge in [0.15, 0.2) is 23.0 Å². The zero-order valence-electron chi connectivity index (χ0n) is 17.7. The highest BCUT2D eigenvalue weighted by molar-refractivity contribution is 6.32. The Bertz CT molecular complexity index is 1050. The lowest BCUT2D eigenvalue weighted by molar-refractivity contribution is -0.120. The SMILES string of the molecule is C#CCOc1c(Cl)cc(/C=N/NC(=O)CNC(=O)c2ccc(OC)c(OC)c2)cc1OC. The van der Waals surface area contributed by atoms with Crippen LogP contribution in [0.2, 0.25) is 5.02 Å². The lowest BCUT2D eigenvalue weighted by atomic mass is 10.2. The maximum atomic E-state index is 12.2. The van der Waals surface area contributed by atoms with Crippen LogP contribution >= 0.6 is 11.6 Å². The molecule has 0 aliphatic carbocycles. The molecule has 0 aliphatic heterocycles. The van der Waals surface area contributed by atoms with E-state index >= 15 is 0 Å². The second-order valence-corrected chi connectivity index (χ2v) is 6.48. The van der Waals surface area contributed by atoms with Crippen molar-refractivity contribution in [1.29, 1.82) is 0 Å². The molecule has 2 aromatic rings. The first-order valence-electron chi connectivity index (χ1n) is 9.19. The predicted octanol–water partition coefficient (Wildman–Crippen LogP) is 2.26. The second kappa shape index (κ2) is 12.1. The molecule has 0 atom stereocenters. The Labute approximate surface area is 190 Å². The standard InChI is InChI=1S/C22H22ClN3O6/c1-5-8-32-21-16(23)9-14(10-19(21)31-4)12-25-26-20(27)13-24-22(28)15-6-7-17(29-2)18(11-15)30-3/h1,6-7,9-12H,8,13H2,2-4H3,(H,24,28)(H,26,27)/b25-12+. The maximum absolute atomic E-state index is 12.2. The smallest absolute Gasteiger partial charge is 0.259 e. The van der Waals surface area contributed by atoms with Crippen LogP contribution in [-0.2, 0) is 4.79 Å². The summed E-state index contributed by atoms with van der Waals surface area (Å²) in [5, 5.41) is 6.62. The summed E-state index contributed by atoms with van der Waals surface area (Å²) >= 11 is 6.19. The van der Waals surface area contributed by atoms with E-state index in [-0.39, 0.29) is 18.2 Å². The molecule has 0 saturated heterocycles. The van der Waals surface area contributed by atoms with Crippen molar-refractivity contribution in [2.75, 3.05) is 34.5 Å². The summed E-state index contributed by atoms with van der Waals surface area (Å²) in [5.41, 5.74) is 3.18. The van der Waals surface area contributed by atoms with Gasteiger partial charge in [0.2, 0.25) is 0 Å². The number of amides is 2. The number of hydrogen-bond donors (Lipinski definition) is 2. The van der Waals surface area contributed by atoms with Crippen LogP contribution in [0.5, 0.6) is 23.0 Å². The minimum Gasteiger partial charge on any atom is -0.493 e. The summed E-state index contributed by atoms with van der Waals surface area (Å²) in [6.07, 6.45) is 6.55. The third-order valence-corrected chi connectivity index (χ3v) is 4.29. The highest BCUT2D eigenvalue weighted by Gasteiger charge is 2.13. The van der Waals surface area contributed by atoms with Crippen molar-refractivity contribution in [2.24, 2.45) is 5.10 Å². The first-order valence-corrected chi connectivity index (χ1v) is 9.57. The van der Waals surface area contributed by atoms with E-state index in [1.54, 1.807) is 24.3 Å². The van der Waals surface area contributed by atoms with Gasteiger partial charge in [-0.25, -0.2) is 5.43 Å². The molecule has 10 heteroatoms. The van der Waals surface area contributed by atoms with Gasteiger partial charge in [0, 0.05) is 5.56 Å². The molecule has 2 N–H and O–H groups in total. The van der Waals surface area contributed by atoms with Gasteiger partial charge < -0.3 is 24.3 Å². The van der Waals surface area contributed by atoms with Crippen LogP contribution in [0, 0.1) is 12.3 Å². The number of nitrogens with one attached hydrogen (secondary N) is 2. The highest BCUT2D eigenvalue weighted by Crippen LogP contribution is 2.36. The zero-order valence-corrected chi connectivity index (χ0v) is 18.5. The zero-order chi connectivity index (χ0) is 23.5. The van der Waals surface area contributed by atoms with Crippen LogP contribution in [0.25, 0.3) is 0 Å². The fraction of sp³-hybridized carbons (Fsp3) is 0.227. The van der Waals surface area contributed by atoms with Crippen LogP contribution in [-0.4, -0.2) is 52.5 Å². The van der Waals surface area contributed by atoms with Gasteiger partial charge in [-0.1, -0.05) is 17.5 Å². The molecule has 0 heterocycles. The van der Waals surface area contributed by atoms with Crippen LogP contribution in [0.15, 0.2) is 35.4 Å². The molecule has 168 valence electrons. The molecule has 0 unspecified atom stereocenters. The molecule has 32 heavy (non-hydrogen) atoms. The number of hydrazone groups is 1. The third-order valence-electron chi connectivity index (χ3n) is 4.01. The molecule has 9 nitrogen and oxygen atoms in total. The van der Waals surface area contributed by atoms with Crippen molar-refractivity contribution < 1.29 is 28.5 Å². The fourth-order valence-corrected chi connectivity index (χ4v) is 2.80. The monoisotopic (exact) mass is 459 g/mol. The summed E-state index contributed by atoms with van der Waals surface area (Å²) in [5.74, 6) is 2.93. The maximum Gasteiger partial charge on any atom is 0.259 e. The molecule has 0 saturated carbocycles. The number of benzene rings is 2. The molecule has 2 aromatic carbocycles. The van der Waals surface area contributed by atoms with E-state index in [0.29, 0.717) is 34.1 Å². The first-order chi connectivity index (χ1) is 15.4. The van der Waals surface area contributed by atoms with Crippen LogP contribution < -0.4 is 29.7 Å². The average Bonchev–Trinajstić information content (AvgIpc) is 2.80.